The highest BCUT2D eigenvalue weighted by Gasteiger charge is 2.28. The summed E-state index contributed by atoms with van der Waals surface area (Å²) >= 11 is 0. The van der Waals surface area contributed by atoms with Crippen LogP contribution in [-0.2, 0) is 19.5 Å². The monoisotopic (exact) mass is 274 g/mol. The molecule has 1 aliphatic rings. The molecule has 1 unspecified atom stereocenters. The number of methoxy groups -OCH3 is 1. The highest BCUT2D eigenvalue weighted by molar-refractivity contribution is 7.89. The fourth-order valence-corrected chi connectivity index (χ4v) is 2.79. The molecule has 0 radical (unpaired) electrons. The summed E-state index contributed by atoms with van der Waals surface area (Å²) in [6.45, 7) is 1.72. The predicted molar refractivity (Wildman–Crippen MR) is 63.3 cm³/mol. The van der Waals surface area contributed by atoms with Gasteiger partial charge < -0.3 is 15.2 Å². The summed E-state index contributed by atoms with van der Waals surface area (Å²) in [5.74, 6) is 0.0147. The molecular formula is C8H19ClN2O4S. The van der Waals surface area contributed by atoms with Crippen molar-refractivity contribution in [2.45, 2.75) is 6.10 Å². The topological polar surface area (TPSA) is 81.9 Å². The van der Waals surface area contributed by atoms with E-state index in [-0.39, 0.29) is 30.9 Å². The van der Waals surface area contributed by atoms with Gasteiger partial charge in [-0.15, -0.1) is 12.4 Å². The van der Waals surface area contributed by atoms with Gasteiger partial charge in [-0.3, -0.25) is 0 Å². The fourth-order valence-electron chi connectivity index (χ4n) is 1.41. The van der Waals surface area contributed by atoms with Crippen LogP contribution >= 0.6 is 12.4 Å². The van der Waals surface area contributed by atoms with Crippen LogP contribution in [0.4, 0.5) is 0 Å². The van der Waals surface area contributed by atoms with Crippen molar-refractivity contribution in [2.75, 3.05) is 45.7 Å². The minimum atomic E-state index is -3.22. The van der Waals surface area contributed by atoms with Crippen LogP contribution in [0.2, 0.25) is 0 Å². The van der Waals surface area contributed by atoms with Gasteiger partial charge >= 0.3 is 0 Å². The van der Waals surface area contributed by atoms with Crippen LogP contribution in [0.5, 0.6) is 0 Å². The minimum absolute atomic E-state index is 0. The second kappa shape index (κ2) is 7.41. The van der Waals surface area contributed by atoms with Crippen molar-refractivity contribution in [1.29, 1.82) is 0 Å². The highest BCUT2D eigenvalue weighted by Crippen LogP contribution is 2.09. The molecule has 1 fully saturated rings. The number of nitrogens with zero attached hydrogens (tertiary/aromatic N) is 1. The first kappa shape index (κ1) is 16.1. The lowest BCUT2D eigenvalue weighted by atomic mass is 10.3. The molecule has 0 saturated carbocycles. The molecule has 6 nitrogen and oxygen atoms in total. The molecule has 98 valence electrons. The van der Waals surface area contributed by atoms with Gasteiger partial charge in [0.1, 0.15) is 0 Å². The van der Waals surface area contributed by atoms with Crippen LogP contribution in [0.1, 0.15) is 0 Å². The Morgan fingerprint density at radius 3 is 2.81 bits per heavy atom. The maximum absolute atomic E-state index is 11.8. The lowest BCUT2D eigenvalue weighted by molar-refractivity contribution is 0.00436. The van der Waals surface area contributed by atoms with Crippen molar-refractivity contribution in [2.24, 2.45) is 5.73 Å². The van der Waals surface area contributed by atoms with E-state index in [1.807, 2.05) is 0 Å². The molecule has 1 rings (SSSR count). The van der Waals surface area contributed by atoms with Gasteiger partial charge in [0.25, 0.3) is 0 Å². The smallest absolute Gasteiger partial charge is 0.216 e. The van der Waals surface area contributed by atoms with Gasteiger partial charge in [-0.1, -0.05) is 0 Å². The molecule has 16 heavy (non-hydrogen) atoms. The number of morpholine rings is 1. The Labute approximate surface area is 103 Å². The van der Waals surface area contributed by atoms with Crippen LogP contribution in [0.25, 0.3) is 0 Å². The summed E-state index contributed by atoms with van der Waals surface area (Å²) in [6.07, 6.45) is -0.184. The molecule has 0 aromatic rings. The minimum Gasteiger partial charge on any atom is -0.384 e. The summed E-state index contributed by atoms with van der Waals surface area (Å²) < 4.78 is 35.0. The Kier molecular flexibility index (Phi) is 7.45. The molecule has 0 amide bonds. The van der Waals surface area contributed by atoms with Gasteiger partial charge in [0, 0.05) is 26.7 Å². The number of sulfonamides is 1. The van der Waals surface area contributed by atoms with E-state index in [0.29, 0.717) is 26.2 Å². The molecule has 0 aromatic carbocycles. The number of halogens is 1. The van der Waals surface area contributed by atoms with Crippen LogP contribution in [-0.4, -0.2) is 64.5 Å². The molecule has 0 aromatic heterocycles. The van der Waals surface area contributed by atoms with E-state index < -0.39 is 10.0 Å². The van der Waals surface area contributed by atoms with E-state index >= 15 is 0 Å². The molecule has 0 spiro atoms. The van der Waals surface area contributed by atoms with Crippen molar-refractivity contribution in [1.82, 2.24) is 4.31 Å². The zero-order chi connectivity index (χ0) is 11.3. The fraction of sp³-hybridized carbons (Fsp3) is 1.00. The second-order valence-electron chi connectivity index (χ2n) is 3.40. The van der Waals surface area contributed by atoms with Crippen LogP contribution in [0.15, 0.2) is 0 Å². The molecule has 8 heteroatoms. The molecule has 1 heterocycles. The van der Waals surface area contributed by atoms with Crippen LogP contribution < -0.4 is 5.73 Å². The zero-order valence-corrected chi connectivity index (χ0v) is 10.9. The standard InChI is InChI=1S/C8H18N2O4S.ClH/c1-13-4-5-15(11,12)10-2-3-14-8(6-9)7-10;/h8H,2-7,9H2,1H3;1H. The molecule has 1 aliphatic heterocycles. The van der Waals surface area contributed by atoms with Crippen molar-refractivity contribution in [3.05, 3.63) is 0 Å². The third-order valence-corrected chi connectivity index (χ3v) is 4.10. The van der Waals surface area contributed by atoms with Crippen molar-refractivity contribution >= 4 is 22.4 Å². The number of rotatable bonds is 5. The van der Waals surface area contributed by atoms with Crippen molar-refractivity contribution in [3.8, 4) is 0 Å². The van der Waals surface area contributed by atoms with E-state index in [2.05, 4.69) is 0 Å². The normalized spacial score (nSPS) is 22.8. The van der Waals surface area contributed by atoms with Gasteiger partial charge in [-0.25, -0.2) is 8.42 Å². The lowest BCUT2D eigenvalue weighted by Gasteiger charge is -2.31. The zero-order valence-electron chi connectivity index (χ0n) is 9.29. The Balaban J connectivity index is 0.00000225. The second-order valence-corrected chi connectivity index (χ2v) is 5.48. The van der Waals surface area contributed by atoms with Gasteiger partial charge in [-0.05, 0) is 0 Å². The van der Waals surface area contributed by atoms with Gasteiger partial charge in [0.15, 0.2) is 0 Å². The number of ether oxygens (including phenoxy) is 2. The lowest BCUT2D eigenvalue weighted by Crippen LogP contribution is -2.49. The largest absolute Gasteiger partial charge is 0.384 e. The summed E-state index contributed by atoms with van der Waals surface area (Å²) in [6, 6.07) is 0. The number of hydrogen-bond donors (Lipinski definition) is 1. The maximum Gasteiger partial charge on any atom is 0.216 e. The van der Waals surface area contributed by atoms with Crippen molar-refractivity contribution in [3.63, 3.8) is 0 Å². The number of hydrogen-bond acceptors (Lipinski definition) is 5. The first-order chi connectivity index (χ1) is 7.10. The quantitative estimate of drug-likeness (QED) is 0.699. The molecular weight excluding hydrogens is 256 g/mol. The van der Waals surface area contributed by atoms with E-state index in [1.165, 1.54) is 11.4 Å². The summed E-state index contributed by atoms with van der Waals surface area (Å²) in [5, 5.41) is 0. The van der Waals surface area contributed by atoms with Gasteiger partial charge in [-0.2, -0.15) is 4.31 Å². The maximum atomic E-state index is 11.8. The first-order valence-corrected chi connectivity index (χ1v) is 6.49. The molecule has 2 N–H and O–H groups in total. The number of nitrogens with two attached hydrogens (primary N) is 1. The average molecular weight is 275 g/mol. The van der Waals surface area contributed by atoms with Gasteiger partial charge in [0.05, 0.1) is 25.1 Å². The molecule has 0 bridgehead atoms. The van der Waals surface area contributed by atoms with E-state index in [1.54, 1.807) is 0 Å². The van der Waals surface area contributed by atoms with E-state index in [0.717, 1.165) is 0 Å². The SMILES string of the molecule is COCCS(=O)(=O)N1CCOC(CN)C1.Cl. The molecule has 0 aliphatic carbocycles. The average Bonchev–Trinajstić information content (AvgIpc) is 2.26. The van der Waals surface area contributed by atoms with Crippen LogP contribution in [0.3, 0.4) is 0 Å². The third kappa shape index (κ3) is 4.52. The summed E-state index contributed by atoms with van der Waals surface area (Å²) in [4.78, 5) is 0. The first-order valence-electron chi connectivity index (χ1n) is 4.88. The Hall–Kier alpha value is 0.0800. The predicted octanol–water partition coefficient (Wildman–Crippen LogP) is -0.956. The summed E-state index contributed by atoms with van der Waals surface area (Å²) in [5.41, 5.74) is 5.44. The summed E-state index contributed by atoms with van der Waals surface area (Å²) in [7, 11) is -1.73. The van der Waals surface area contributed by atoms with E-state index in [4.69, 9.17) is 15.2 Å². The van der Waals surface area contributed by atoms with Gasteiger partial charge in [0.2, 0.25) is 10.0 Å². The third-order valence-electron chi connectivity index (χ3n) is 2.30. The highest BCUT2D eigenvalue weighted by atomic mass is 35.5. The molecule has 1 saturated heterocycles. The molecule has 1 atom stereocenters. The van der Waals surface area contributed by atoms with E-state index in [9.17, 15) is 8.42 Å². The Morgan fingerprint density at radius 1 is 1.56 bits per heavy atom. The Bertz CT molecular complexity index is 286. The van der Waals surface area contributed by atoms with Crippen LogP contribution in [0, 0.1) is 0 Å². The Morgan fingerprint density at radius 2 is 2.25 bits per heavy atom. The van der Waals surface area contributed by atoms with Crippen molar-refractivity contribution < 1.29 is 17.9 Å².